The van der Waals surface area contributed by atoms with E-state index in [0.29, 0.717) is 32.1 Å². The molecule has 13 heteroatoms. The number of esters is 2. The van der Waals surface area contributed by atoms with Crippen LogP contribution in [0.2, 0.25) is 0 Å². The second-order valence-corrected chi connectivity index (χ2v) is 15.7. The Morgan fingerprint density at radius 2 is 1.29 bits per heavy atom. The van der Waals surface area contributed by atoms with E-state index in [1.54, 1.807) is 12.2 Å². The number of ether oxygens (including phenoxy) is 3. The molecule has 6 atom stereocenters. The summed E-state index contributed by atoms with van der Waals surface area (Å²) in [7, 11) is -4.86. The third-order valence-electron chi connectivity index (χ3n) is 9.19. The standard InChI is InChI=1S/C45H73O12P/c1-3-5-7-8-9-10-11-12-13-14-15-16-17-18-19-20-21-22-27-31-43(48)54-36-39(37-55-58(51,52)53)56-44(49)32-28-24-23-26-30-40-41(47)35-45(50)57-42(40)34-33-38(46)29-25-6-4-2/h9-10,12-13,15-16,18-19,21-23,26,33-34,38-42,45-47,50H,3-8,11,14,17,20,24-25,27-32,35-37H2,1-2H3,(H2,51,52,53)/b10-9-,13-12-,16-15-,19-18-,22-21-,26-23-,34-33+/t38-,39+,40-,41-,42+,45?/m0/s1. The quantitative estimate of drug-likeness (QED) is 0.0183. The van der Waals surface area contributed by atoms with Crippen molar-refractivity contribution in [3.05, 3.63) is 85.1 Å². The lowest BCUT2D eigenvalue weighted by Gasteiger charge is -2.36. The van der Waals surface area contributed by atoms with E-state index in [1.807, 2.05) is 24.3 Å². The van der Waals surface area contributed by atoms with Gasteiger partial charge in [-0.2, -0.15) is 0 Å². The Morgan fingerprint density at radius 3 is 1.91 bits per heavy atom. The summed E-state index contributed by atoms with van der Waals surface area (Å²) in [5.74, 6) is -1.52. The summed E-state index contributed by atoms with van der Waals surface area (Å²) in [4.78, 5) is 43.1. The maximum atomic E-state index is 12.5. The average Bonchev–Trinajstić information content (AvgIpc) is 3.17. The average molecular weight is 837 g/mol. The molecule has 1 fully saturated rings. The highest BCUT2D eigenvalue weighted by molar-refractivity contribution is 7.46. The summed E-state index contributed by atoms with van der Waals surface area (Å²) in [5.41, 5.74) is 0. The molecule has 58 heavy (non-hydrogen) atoms. The molecule has 0 saturated carbocycles. The lowest BCUT2D eigenvalue weighted by atomic mass is 9.87. The van der Waals surface area contributed by atoms with Crippen LogP contribution in [-0.2, 0) is 32.9 Å². The summed E-state index contributed by atoms with van der Waals surface area (Å²) in [5, 5.41) is 30.8. The molecule has 0 radical (unpaired) electrons. The summed E-state index contributed by atoms with van der Waals surface area (Å²) in [6, 6.07) is 0. The van der Waals surface area contributed by atoms with Gasteiger partial charge in [-0.3, -0.25) is 14.1 Å². The maximum Gasteiger partial charge on any atom is 0.469 e. The SMILES string of the molecule is CCCCC/C=C\C/C=C\C/C=C\C/C=C\C/C=C\CCC(=O)OC[C@H](COP(=O)(O)O)OC(=O)CCC/C=C\C[C@H]1[C@@H](O)CC(O)O[C@@H]1/C=C/[C@@H](O)CCCCC. The van der Waals surface area contributed by atoms with Crippen LogP contribution in [0.1, 0.15) is 136 Å². The van der Waals surface area contributed by atoms with Crippen LogP contribution in [0.25, 0.3) is 0 Å². The van der Waals surface area contributed by atoms with E-state index in [2.05, 4.69) is 67.0 Å². The first-order chi connectivity index (χ1) is 27.9. The number of allylic oxidation sites excluding steroid dienone is 12. The zero-order valence-electron chi connectivity index (χ0n) is 34.9. The van der Waals surface area contributed by atoms with Crippen LogP contribution in [0, 0.1) is 5.92 Å². The lowest BCUT2D eigenvalue weighted by molar-refractivity contribution is -0.199. The zero-order chi connectivity index (χ0) is 42.7. The Labute approximate surface area is 347 Å². The Morgan fingerprint density at radius 1 is 0.724 bits per heavy atom. The first-order valence-corrected chi connectivity index (χ1v) is 22.8. The van der Waals surface area contributed by atoms with E-state index in [0.717, 1.165) is 51.4 Å². The van der Waals surface area contributed by atoms with Crippen LogP contribution in [-0.4, -0.2) is 81.0 Å². The van der Waals surface area contributed by atoms with Gasteiger partial charge in [0.1, 0.15) is 6.61 Å². The minimum atomic E-state index is -4.86. The highest BCUT2D eigenvalue weighted by atomic mass is 31.2. The lowest BCUT2D eigenvalue weighted by Crippen LogP contribution is -2.43. The fourth-order valence-electron chi connectivity index (χ4n) is 5.92. The van der Waals surface area contributed by atoms with E-state index in [-0.39, 0.29) is 25.2 Å². The second-order valence-electron chi connectivity index (χ2n) is 14.5. The van der Waals surface area contributed by atoms with E-state index >= 15 is 0 Å². The first kappa shape index (κ1) is 53.1. The Balaban J connectivity index is 2.38. The maximum absolute atomic E-state index is 12.5. The monoisotopic (exact) mass is 836 g/mol. The van der Waals surface area contributed by atoms with Crippen molar-refractivity contribution < 1.29 is 58.0 Å². The van der Waals surface area contributed by atoms with Gasteiger partial charge >= 0.3 is 19.8 Å². The highest BCUT2D eigenvalue weighted by Gasteiger charge is 2.35. The van der Waals surface area contributed by atoms with Crippen molar-refractivity contribution in [2.24, 2.45) is 5.92 Å². The first-order valence-electron chi connectivity index (χ1n) is 21.3. The zero-order valence-corrected chi connectivity index (χ0v) is 35.8. The van der Waals surface area contributed by atoms with Gasteiger partial charge in [0.25, 0.3) is 0 Å². The third kappa shape index (κ3) is 31.1. The van der Waals surface area contributed by atoms with E-state index in [1.165, 1.54) is 19.3 Å². The molecule has 0 aromatic rings. The summed E-state index contributed by atoms with van der Waals surface area (Å²) in [6.45, 7) is 3.24. The fourth-order valence-corrected chi connectivity index (χ4v) is 6.28. The van der Waals surface area contributed by atoms with Gasteiger partial charge in [0, 0.05) is 25.2 Å². The van der Waals surface area contributed by atoms with Crippen molar-refractivity contribution in [1.29, 1.82) is 0 Å². The highest BCUT2D eigenvalue weighted by Crippen LogP contribution is 2.36. The van der Waals surface area contributed by atoms with Crippen LogP contribution in [0.3, 0.4) is 0 Å². The molecule has 0 aromatic heterocycles. The van der Waals surface area contributed by atoms with Gasteiger partial charge in [-0.1, -0.05) is 131 Å². The third-order valence-corrected chi connectivity index (χ3v) is 9.68. The van der Waals surface area contributed by atoms with Gasteiger partial charge in [-0.15, -0.1) is 0 Å². The molecule has 0 amide bonds. The molecule has 0 aliphatic carbocycles. The minimum absolute atomic E-state index is 0.00241. The molecular weight excluding hydrogens is 763 g/mol. The van der Waals surface area contributed by atoms with Gasteiger partial charge in [-0.05, 0) is 70.6 Å². The number of carbonyl (C=O) groups excluding carboxylic acids is 2. The number of aliphatic hydroxyl groups is 3. The van der Waals surface area contributed by atoms with Crippen molar-refractivity contribution >= 4 is 19.8 Å². The molecule has 1 saturated heterocycles. The molecule has 1 aliphatic heterocycles. The van der Waals surface area contributed by atoms with Crippen LogP contribution in [0.5, 0.6) is 0 Å². The fraction of sp³-hybridized carbons (Fsp3) is 0.644. The molecule has 0 bridgehead atoms. The largest absolute Gasteiger partial charge is 0.469 e. The van der Waals surface area contributed by atoms with Gasteiger partial charge < -0.3 is 39.3 Å². The number of phosphoric acid groups is 1. The number of aliphatic hydroxyl groups excluding tert-OH is 3. The summed E-state index contributed by atoms with van der Waals surface area (Å²) < 4.78 is 31.9. The minimum Gasteiger partial charge on any atom is -0.462 e. The molecule has 1 aliphatic rings. The van der Waals surface area contributed by atoms with Gasteiger partial charge in [0.15, 0.2) is 12.4 Å². The predicted octanol–water partition coefficient (Wildman–Crippen LogP) is 8.95. The van der Waals surface area contributed by atoms with Gasteiger partial charge in [-0.25, -0.2) is 4.57 Å². The number of unbranched alkanes of at least 4 members (excludes halogenated alkanes) is 6. The number of carbonyl (C=O) groups is 2. The molecule has 12 nitrogen and oxygen atoms in total. The Hall–Kier alpha value is -2.93. The molecule has 1 rings (SSSR count). The van der Waals surface area contributed by atoms with Gasteiger partial charge in [0.2, 0.25) is 0 Å². The van der Waals surface area contributed by atoms with E-state index in [4.69, 9.17) is 24.0 Å². The van der Waals surface area contributed by atoms with Crippen molar-refractivity contribution in [3.8, 4) is 0 Å². The predicted molar refractivity (Wildman–Crippen MR) is 228 cm³/mol. The van der Waals surface area contributed by atoms with Crippen LogP contribution < -0.4 is 0 Å². The van der Waals surface area contributed by atoms with Crippen molar-refractivity contribution in [3.63, 3.8) is 0 Å². The molecule has 0 spiro atoms. The topological polar surface area (TPSA) is 189 Å². The second kappa shape index (κ2) is 34.9. The Bertz CT molecular complexity index is 1330. The van der Waals surface area contributed by atoms with E-state index in [9.17, 15) is 29.5 Å². The number of hydrogen-bond acceptors (Lipinski definition) is 10. The normalized spacial score (nSPS) is 20.5. The molecule has 330 valence electrons. The van der Waals surface area contributed by atoms with E-state index < -0.39 is 63.7 Å². The van der Waals surface area contributed by atoms with Crippen molar-refractivity contribution in [2.75, 3.05) is 13.2 Å². The van der Waals surface area contributed by atoms with Crippen molar-refractivity contribution in [1.82, 2.24) is 0 Å². The van der Waals surface area contributed by atoms with Gasteiger partial charge in [0.05, 0.1) is 24.9 Å². The number of hydrogen-bond donors (Lipinski definition) is 5. The molecule has 0 aromatic carbocycles. The van der Waals surface area contributed by atoms with Crippen LogP contribution in [0.15, 0.2) is 85.1 Å². The molecular formula is C45H73O12P. The molecule has 1 unspecified atom stereocenters. The molecule has 5 N–H and O–H groups in total. The van der Waals surface area contributed by atoms with Crippen LogP contribution in [0.4, 0.5) is 0 Å². The number of rotatable bonds is 33. The number of phosphoric ester groups is 1. The summed E-state index contributed by atoms with van der Waals surface area (Å²) >= 11 is 0. The van der Waals surface area contributed by atoms with Crippen molar-refractivity contribution in [2.45, 2.75) is 167 Å². The van der Waals surface area contributed by atoms with Crippen LogP contribution >= 0.6 is 7.82 Å². The summed E-state index contributed by atoms with van der Waals surface area (Å²) in [6.07, 6.45) is 37.9. The Kier molecular flexibility index (Phi) is 31.9. The molecule has 1 heterocycles. The smallest absolute Gasteiger partial charge is 0.462 e.